The van der Waals surface area contributed by atoms with Gasteiger partial charge in [0.05, 0.1) is 12.9 Å². The minimum Gasteiger partial charge on any atom is -0.497 e. The maximum absolute atomic E-state index is 12.3. The van der Waals surface area contributed by atoms with Crippen molar-refractivity contribution in [3.8, 4) is 17.1 Å². The average molecular weight is 369 g/mol. The lowest BCUT2D eigenvalue weighted by Crippen LogP contribution is -2.15. The van der Waals surface area contributed by atoms with Gasteiger partial charge in [-0.15, -0.1) is 10.2 Å². The highest BCUT2D eigenvalue weighted by Crippen LogP contribution is 2.24. The molecular weight excluding hydrogens is 350 g/mol. The third-order valence-corrected chi connectivity index (χ3v) is 4.83. The molecule has 7 nitrogen and oxygen atoms in total. The van der Waals surface area contributed by atoms with E-state index in [2.05, 4.69) is 20.5 Å². The number of nitrogens with one attached hydrogen (secondary N) is 1. The molecule has 0 spiro atoms. The number of pyridine rings is 1. The minimum atomic E-state index is -0.100. The van der Waals surface area contributed by atoms with Crippen LogP contribution >= 0.6 is 11.8 Å². The number of hydrogen-bond donors (Lipinski definition) is 1. The fourth-order valence-electron chi connectivity index (χ4n) is 2.41. The first kappa shape index (κ1) is 17.9. The Kier molecular flexibility index (Phi) is 5.52. The Morgan fingerprint density at radius 1 is 1.23 bits per heavy atom. The lowest BCUT2D eigenvalue weighted by molar-refractivity contribution is -0.113. The Balaban J connectivity index is 1.63. The number of nitrogens with zero attached hydrogens (tertiary/aromatic N) is 4. The van der Waals surface area contributed by atoms with Gasteiger partial charge in [0.15, 0.2) is 11.0 Å². The van der Waals surface area contributed by atoms with Gasteiger partial charge >= 0.3 is 0 Å². The van der Waals surface area contributed by atoms with Gasteiger partial charge in [0, 0.05) is 30.7 Å². The molecule has 2 aromatic heterocycles. The monoisotopic (exact) mass is 369 g/mol. The van der Waals surface area contributed by atoms with Crippen molar-refractivity contribution < 1.29 is 9.53 Å². The van der Waals surface area contributed by atoms with Gasteiger partial charge in [-0.1, -0.05) is 11.8 Å². The zero-order valence-corrected chi connectivity index (χ0v) is 15.6. The van der Waals surface area contributed by atoms with Gasteiger partial charge in [-0.05, 0) is 42.8 Å². The summed E-state index contributed by atoms with van der Waals surface area (Å²) in [6.07, 6.45) is 3.42. The molecule has 2 heterocycles. The zero-order valence-electron chi connectivity index (χ0n) is 14.8. The molecule has 0 radical (unpaired) electrons. The van der Waals surface area contributed by atoms with Crippen molar-refractivity contribution in [2.75, 3.05) is 18.2 Å². The van der Waals surface area contributed by atoms with E-state index in [1.54, 1.807) is 19.5 Å². The van der Waals surface area contributed by atoms with Crippen molar-refractivity contribution in [1.29, 1.82) is 0 Å². The van der Waals surface area contributed by atoms with Crippen LogP contribution in [0.5, 0.6) is 5.75 Å². The molecule has 26 heavy (non-hydrogen) atoms. The van der Waals surface area contributed by atoms with Gasteiger partial charge in [-0.25, -0.2) is 0 Å². The lowest BCUT2D eigenvalue weighted by Gasteiger charge is -2.09. The summed E-state index contributed by atoms with van der Waals surface area (Å²) in [5.74, 6) is 1.64. The van der Waals surface area contributed by atoms with E-state index in [4.69, 9.17) is 4.74 Å². The summed E-state index contributed by atoms with van der Waals surface area (Å²) >= 11 is 1.34. The summed E-state index contributed by atoms with van der Waals surface area (Å²) in [5, 5.41) is 12.0. The van der Waals surface area contributed by atoms with E-state index in [0.29, 0.717) is 5.16 Å². The smallest absolute Gasteiger partial charge is 0.234 e. The van der Waals surface area contributed by atoms with Crippen LogP contribution in [0.25, 0.3) is 11.4 Å². The van der Waals surface area contributed by atoms with Crippen LogP contribution in [0.15, 0.2) is 47.9 Å². The molecule has 0 atom stereocenters. The van der Waals surface area contributed by atoms with Crippen LogP contribution in [0.3, 0.4) is 0 Å². The number of benzene rings is 1. The van der Waals surface area contributed by atoms with Crippen molar-refractivity contribution in [2.24, 2.45) is 7.05 Å². The number of ether oxygens (including phenoxy) is 1. The summed E-state index contributed by atoms with van der Waals surface area (Å²) < 4.78 is 7.04. The van der Waals surface area contributed by atoms with E-state index >= 15 is 0 Å². The molecule has 0 fully saturated rings. The quantitative estimate of drug-likeness (QED) is 0.673. The fourth-order valence-corrected chi connectivity index (χ4v) is 3.12. The number of hydrogen-bond acceptors (Lipinski definition) is 6. The fraction of sp³-hybridized carbons (Fsp3) is 0.222. The first-order valence-corrected chi connectivity index (χ1v) is 8.94. The second-order valence-corrected chi connectivity index (χ2v) is 6.56. The van der Waals surface area contributed by atoms with Crippen LogP contribution in [-0.2, 0) is 11.8 Å². The summed E-state index contributed by atoms with van der Waals surface area (Å²) in [6.45, 7) is 1.93. The van der Waals surface area contributed by atoms with Crippen LogP contribution in [0, 0.1) is 6.92 Å². The number of aryl methyl sites for hydroxylation is 1. The molecule has 0 bridgehead atoms. The van der Waals surface area contributed by atoms with Crippen molar-refractivity contribution >= 4 is 23.4 Å². The third kappa shape index (κ3) is 4.02. The number of methoxy groups -OCH3 is 1. The van der Waals surface area contributed by atoms with Crippen molar-refractivity contribution in [1.82, 2.24) is 19.7 Å². The predicted octanol–water partition coefficient (Wildman–Crippen LogP) is 2.92. The van der Waals surface area contributed by atoms with Gasteiger partial charge in [-0.2, -0.15) is 0 Å². The summed E-state index contributed by atoms with van der Waals surface area (Å²) in [6, 6.07) is 9.28. The molecule has 0 aliphatic carbocycles. The van der Waals surface area contributed by atoms with E-state index in [-0.39, 0.29) is 11.7 Å². The zero-order chi connectivity index (χ0) is 18.5. The van der Waals surface area contributed by atoms with E-state index in [0.717, 1.165) is 28.4 Å². The summed E-state index contributed by atoms with van der Waals surface area (Å²) in [7, 11) is 3.49. The van der Waals surface area contributed by atoms with Gasteiger partial charge in [0.1, 0.15) is 5.75 Å². The first-order valence-electron chi connectivity index (χ1n) is 7.95. The van der Waals surface area contributed by atoms with Crippen LogP contribution in [-0.4, -0.2) is 38.5 Å². The molecule has 0 aliphatic heterocycles. The molecular formula is C18H19N5O2S. The standard InChI is InChI=1S/C18H19N5O2S/c1-12-10-14(25-3)4-5-15(12)20-16(24)11-26-18-22-21-17(23(18)2)13-6-8-19-9-7-13/h4-10H,11H2,1-3H3,(H,20,24). The van der Waals surface area contributed by atoms with Crippen molar-refractivity contribution in [3.05, 3.63) is 48.3 Å². The van der Waals surface area contributed by atoms with E-state index < -0.39 is 0 Å². The number of carbonyl (C=O) groups excluding carboxylic acids is 1. The first-order chi connectivity index (χ1) is 12.6. The maximum Gasteiger partial charge on any atom is 0.234 e. The van der Waals surface area contributed by atoms with E-state index in [9.17, 15) is 4.79 Å². The van der Waals surface area contributed by atoms with Gasteiger partial charge < -0.3 is 14.6 Å². The van der Waals surface area contributed by atoms with Crippen molar-refractivity contribution in [2.45, 2.75) is 12.1 Å². The Labute approximate surface area is 155 Å². The van der Waals surface area contributed by atoms with Crippen LogP contribution in [0.1, 0.15) is 5.56 Å². The molecule has 0 saturated carbocycles. The Morgan fingerprint density at radius 3 is 2.69 bits per heavy atom. The number of thioether (sulfide) groups is 1. The Bertz CT molecular complexity index is 911. The highest BCUT2D eigenvalue weighted by atomic mass is 32.2. The second kappa shape index (κ2) is 8.01. The normalized spacial score (nSPS) is 10.6. The predicted molar refractivity (Wildman–Crippen MR) is 101 cm³/mol. The summed E-state index contributed by atoms with van der Waals surface area (Å²) in [5.41, 5.74) is 2.65. The minimum absolute atomic E-state index is 0.100. The number of rotatable bonds is 6. The van der Waals surface area contributed by atoms with Crippen LogP contribution in [0.4, 0.5) is 5.69 Å². The number of amides is 1. The number of carbonyl (C=O) groups is 1. The Morgan fingerprint density at radius 2 is 2.00 bits per heavy atom. The molecule has 0 saturated heterocycles. The van der Waals surface area contributed by atoms with Gasteiger partial charge in [0.25, 0.3) is 0 Å². The van der Waals surface area contributed by atoms with Gasteiger partial charge in [0.2, 0.25) is 5.91 Å². The molecule has 1 N–H and O–H groups in total. The third-order valence-electron chi connectivity index (χ3n) is 3.81. The molecule has 8 heteroatoms. The molecule has 3 rings (SSSR count). The Hall–Kier alpha value is -2.87. The number of anilines is 1. The topological polar surface area (TPSA) is 81.9 Å². The molecule has 134 valence electrons. The SMILES string of the molecule is COc1ccc(NC(=O)CSc2nnc(-c3ccncc3)n2C)c(C)c1. The van der Waals surface area contributed by atoms with Gasteiger partial charge in [-0.3, -0.25) is 9.78 Å². The maximum atomic E-state index is 12.3. The highest BCUT2D eigenvalue weighted by molar-refractivity contribution is 7.99. The lowest BCUT2D eigenvalue weighted by atomic mass is 10.2. The molecule has 0 unspecified atom stereocenters. The van der Waals surface area contributed by atoms with Crippen LogP contribution in [0.2, 0.25) is 0 Å². The highest BCUT2D eigenvalue weighted by Gasteiger charge is 2.13. The number of aromatic nitrogens is 4. The van der Waals surface area contributed by atoms with E-state index in [1.807, 2.05) is 48.9 Å². The molecule has 3 aromatic rings. The largest absolute Gasteiger partial charge is 0.497 e. The molecule has 1 amide bonds. The second-order valence-electron chi connectivity index (χ2n) is 5.62. The average Bonchev–Trinajstić information content (AvgIpc) is 3.03. The van der Waals surface area contributed by atoms with E-state index in [1.165, 1.54) is 11.8 Å². The molecule has 0 aliphatic rings. The molecule has 1 aromatic carbocycles. The van der Waals surface area contributed by atoms with Crippen LogP contribution < -0.4 is 10.1 Å². The summed E-state index contributed by atoms with van der Waals surface area (Å²) in [4.78, 5) is 16.3. The van der Waals surface area contributed by atoms with Crippen molar-refractivity contribution in [3.63, 3.8) is 0 Å².